The van der Waals surface area contributed by atoms with Crippen LogP contribution in [0.1, 0.15) is 0 Å². The summed E-state index contributed by atoms with van der Waals surface area (Å²) in [6.07, 6.45) is 0. The largest absolute Gasteiger partial charge is 0.435 e. The first-order valence-electron chi connectivity index (χ1n) is 12.1. The van der Waals surface area contributed by atoms with E-state index in [2.05, 4.69) is 12.1 Å². The van der Waals surface area contributed by atoms with Crippen LogP contribution in [0, 0.1) is 0 Å². The molecule has 5 heteroatoms. The second kappa shape index (κ2) is 8.81. The van der Waals surface area contributed by atoms with Crippen molar-refractivity contribution < 1.29 is 4.42 Å². The zero-order valence-corrected chi connectivity index (χ0v) is 19.7. The summed E-state index contributed by atoms with van der Waals surface area (Å²) in [6, 6.07) is 40.1. The Kier molecular flexibility index (Phi) is 5.03. The average molecular weight is 477 g/mol. The van der Waals surface area contributed by atoms with Crippen molar-refractivity contribution in [1.82, 2.24) is 19.9 Å². The van der Waals surface area contributed by atoms with Gasteiger partial charge in [0.15, 0.2) is 23.1 Å². The van der Waals surface area contributed by atoms with Crippen molar-refractivity contribution in [2.45, 2.75) is 0 Å². The number of benzene rings is 5. The summed E-state index contributed by atoms with van der Waals surface area (Å²) in [5, 5.41) is 1.96. The van der Waals surface area contributed by atoms with E-state index < -0.39 is 0 Å². The zero-order chi connectivity index (χ0) is 24.6. The monoisotopic (exact) mass is 476 g/mol. The molecular weight excluding hydrogens is 456 g/mol. The summed E-state index contributed by atoms with van der Waals surface area (Å²) in [4.78, 5) is 19.5. The van der Waals surface area contributed by atoms with Crippen LogP contribution in [0.3, 0.4) is 0 Å². The highest BCUT2D eigenvalue weighted by Crippen LogP contribution is 2.36. The van der Waals surface area contributed by atoms with Crippen LogP contribution in [0.25, 0.3) is 67.5 Å². The van der Waals surface area contributed by atoms with E-state index in [4.69, 9.17) is 24.4 Å². The molecule has 0 unspecified atom stereocenters. The maximum Gasteiger partial charge on any atom is 0.227 e. The third-order valence-corrected chi connectivity index (χ3v) is 6.36. The molecule has 7 rings (SSSR count). The van der Waals surface area contributed by atoms with E-state index in [9.17, 15) is 0 Å². The first-order chi connectivity index (χ1) is 18.3. The summed E-state index contributed by atoms with van der Waals surface area (Å²) in [7, 11) is 0. The molecule has 0 saturated heterocycles. The number of nitrogens with zero attached hydrogens (tertiary/aromatic N) is 4. The molecule has 0 N–H and O–H groups in total. The number of aromatic nitrogens is 4. The normalized spacial score (nSPS) is 11.2. The minimum atomic E-state index is 0.587. The van der Waals surface area contributed by atoms with Gasteiger partial charge in [-0.05, 0) is 23.6 Å². The Bertz CT molecular complexity index is 1810. The smallest absolute Gasteiger partial charge is 0.227 e. The maximum absolute atomic E-state index is 6.38. The molecular formula is C32H20N4O. The van der Waals surface area contributed by atoms with Crippen LogP contribution in [-0.4, -0.2) is 19.9 Å². The van der Waals surface area contributed by atoms with Gasteiger partial charge in [0, 0.05) is 27.6 Å². The van der Waals surface area contributed by atoms with E-state index in [0.717, 1.165) is 44.1 Å². The second-order valence-electron chi connectivity index (χ2n) is 8.74. The van der Waals surface area contributed by atoms with E-state index >= 15 is 0 Å². The van der Waals surface area contributed by atoms with Gasteiger partial charge in [-0.15, -0.1) is 0 Å². The van der Waals surface area contributed by atoms with Crippen molar-refractivity contribution in [3.8, 4) is 45.6 Å². The Morgan fingerprint density at radius 2 is 1.00 bits per heavy atom. The maximum atomic E-state index is 6.38. The van der Waals surface area contributed by atoms with Crippen LogP contribution in [0.5, 0.6) is 0 Å². The molecule has 174 valence electrons. The van der Waals surface area contributed by atoms with Crippen LogP contribution in [0.2, 0.25) is 0 Å². The van der Waals surface area contributed by atoms with E-state index in [0.29, 0.717) is 23.4 Å². The minimum absolute atomic E-state index is 0.587. The molecule has 37 heavy (non-hydrogen) atoms. The lowest BCUT2D eigenvalue weighted by molar-refractivity contribution is 0.623. The van der Waals surface area contributed by atoms with Gasteiger partial charge in [-0.3, -0.25) is 0 Å². The topological polar surface area (TPSA) is 64.7 Å². The Morgan fingerprint density at radius 1 is 0.432 bits per heavy atom. The van der Waals surface area contributed by atoms with Crippen molar-refractivity contribution in [3.63, 3.8) is 0 Å². The van der Waals surface area contributed by atoms with Crippen molar-refractivity contribution in [1.29, 1.82) is 0 Å². The summed E-state index contributed by atoms with van der Waals surface area (Å²) in [6.45, 7) is 0. The first-order valence-corrected chi connectivity index (χ1v) is 12.1. The highest BCUT2D eigenvalue weighted by atomic mass is 16.3. The lowest BCUT2D eigenvalue weighted by Crippen LogP contribution is -2.00. The molecule has 0 amide bonds. The number of rotatable bonds is 4. The fourth-order valence-electron chi connectivity index (χ4n) is 4.57. The van der Waals surface area contributed by atoms with Gasteiger partial charge >= 0.3 is 0 Å². The highest BCUT2D eigenvalue weighted by molar-refractivity contribution is 6.10. The third kappa shape index (κ3) is 3.83. The van der Waals surface area contributed by atoms with Crippen LogP contribution < -0.4 is 0 Å². The van der Waals surface area contributed by atoms with Crippen molar-refractivity contribution >= 4 is 21.9 Å². The van der Waals surface area contributed by atoms with Gasteiger partial charge in [0.05, 0.1) is 0 Å². The number of fused-ring (bicyclic) bond motifs is 3. The van der Waals surface area contributed by atoms with Gasteiger partial charge in [0.2, 0.25) is 5.89 Å². The molecule has 0 atom stereocenters. The van der Waals surface area contributed by atoms with Gasteiger partial charge in [0.25, 0.3) is 0 Å². The molecule has 0 aliphatic rings. The lowest BCUT2D eigenvalue weighted by atomic mass is 10.0. The molecule has 0 saturated carbocycles. The fraction of sp³-hybridized carbons (Fsp3) is 0. The molecule has 2 heterocycles. The van der Waals surface area contributed by atoms with E-state index in [1.54, 1.807) is 0 Å². The third-order valence-electron chi connectivity index (χ3n) is 6.36. The predicted octanol–water partition coefficient (Wildman–Crippen LogP) is 7.83. The van der Waals surface area contributed by atoms with E-state index in [1.807, 2.05) is 109 Å². The molecule has 0 fully saturated rings. The van der Waals surface area contributed by atoms with Crippen LogP contribution in [-0.2, 0) is 0 Å². The second-order valence-corrected chi connectivity index (χ2v) is 8.74. The molecule has 5 aromatic carbocycles. The summed E-state index contributed by atoms with van der Waals surface area (Å²) in [5.74, 6) is 2.42. The molecule has 0 radical (unpaired) electrons. The molecule has 0 spiro atoms. The molecule has 7 aromatic rings. The van der Waals surface area contributed by atoms with Gasteiger partial charge in [-0.25, -0.2) is 19.9 Å². The SMILES string of the molecule is c1ccc(-c2nc(-c3ccccc3)nc(-c3cccc4ccc5nc(-c6ccccc6)oc5c34)n2)cc1. The van der Waals surface area contributed by atoms with Gasteiger partial charge in [-0.2, -0.15) is 0 Å². The van der Waals surface area contributed by atoms with Crippen LogP contribution in [0.15, 0.2) is 126 Å². The molecule has 0 bridgehead atoms. The van der Waals surface area contributed by atoms with Gasteiger partial charge < -0.3 is 4.42 Å². The number of hydrogen-bond acceptors (Lipinski definition) is 5. The summed E-state index contributed by atoms with van der Waals surface area (Å²) >= 11 is 0. The molecule has 2 aromatic heterocycles. The standard InChI is InChI=1S/C32H20N4O/c1-4-11-22(12-5-1)29-34-30(23-13-6-2-7-14-23)36-31(35-29)25-18-10-17-21-19-20-26-28(27(21)25)37-32(33-26)24-15-8-3-9-16-24/h1-20H. The molecule has 0 aliphatic carbocycles. The van der Waals surface area contributed by atoms with Crippen molar-refractivity contribution in [3.05, 3.63) is 121 Å². The predicted molar refractivity (Wildman–Crippen MR) is 147 cm³/mol. The summed E-state index contributed by atoms with van der Waals surface area (Å²) < 4.78 is 6.38. The van der Waals surface area contributed by atoms with Crippen molar-refractivity contribution in [2.75, 3.05) is 0 Å². The quantitative estimate of drug-likeness (QED) is 0.259. The Morgan fingerprint density at radius 3 is 1.62 bits per heavy atom. The zero-order valence-electron chi connectivity index (χ0n) is 19.7. The van der Waals surface area contributed by atoms with E-state index in [1.165, 1.54) is 0 Å². The van der Waals surface area contributed by atoms with Crippen LogP contribution >= 0.6 is 0 Å². The van der Waals surface area contributed by atoms with Crippen molar-refractivity contribution in [2.24, 2.45) is 0 Å². The highest BCUT2D eigenvalue weighted by Gasteiger charge is 2.18. The minimum Gasteiger partial charge on any atom is -0.435 e. The average Bonchev–Trinajstić information content (AvgIpc) is 3.43. The molecule has 5 nitrogen and oxygen atoms in total. The fourth-order valence-corrected chi connectivity index (χ4v) is 4.57. The Balaban J connectivity index is 1.50. The van der Waals surface area contributed by atoms with Gasteiger partial charge in [0.1, 0.15) is 5.52 Å². The lowest BCUT2D eigenvalue weighted by Gasteiger charge is -2.10. The summed E-state index contributed by atoms with van der Waals surface area (Å²) in [5.41, 5.74) is 5.17. The van der Waals surface area contributed by atoms with Crippen LogP contribution in [0.4, 0.5) is 0 Å². The van der Waals surface area contributed by atoms with Gasteiger partial charge in [-0.1, -0.05) is 103 Å². The Hall–Kier alpha value is -5.16. The molecule has 0 aliphatic heterocycles. The number of hydrogen-bond donors (Lipinski definition) is 0. The Labute approximate surface area is 213 Å². The van der Waals surface area contributed by atoms with E-state index in [-0.39, 0.29) is 0 Å². The number of oxazole rings is 1. The first kappa shape index (κ1) is 21.1.